The van der Waals surface area contributed by atoms with Crippen molar-refractivity contribution >= 4 is 22.8 Å². The molecule has 0 aliphatic heterocycles. The molecule has 0 saturated heterocycles. The second kappa shape index (κ2) is 5.72. The van der Waals surface area contributed by atoms with Crippen LogP contribution in [-0.2, 0) is 11.3 Å². The molecular weight excluding hydrogens is 260 g/mol. The fourth-order valence-corrected chi connectivity index (χ4v) is 2.10. The van der Waals surface area contributed by atoms with Crippen LogP contribution in [0, 0.1) is 0 Å². The first-order valence-electron chi connectivity index (χ1n) is 6.01. The number of hydrogen-bond donors (Lipinski definition) is 3. The van der Waals surface area contributed by atoms with Crippen LogP contribution < -0.4 is 17.0 Å². The number of benzene rings is 1. The number of furan rings is 1. The molecule has 0 saturated carbocycles. The van der Waals surface area contributed by atoms with Crippen molar-refractivity contribution in [2.45, 2.75) is 6.54 Å². The third-order valence-electron chi connectivity index (χ3n) is 2.87. The van der Waals surface area contributed by atoms with Gasteiger partial charge in [-0.2, -0.15) is 0 Å². The van der Waals surface area contributed by atoms with Gasteiger partial charge in [-0.1, -0.05) is 18.2 Å². The summed E-state index contributed by atoms with van der Waals surface area (Å²) >= 11 is 0. The second-order valence-corrected chi connectivity index (χ2v) is 4.51. The highest BCUT2D eigenvalue weighted by molar-refractivity contribution is 6.07. The Bertz CT molecular complexity index is 650. The lowest BCUT2D eigenvalue weighted by atomic mass is 10.1. The van der Waals surface area contributed by atoms with Gasteiger partial charge in [0.05, 0.1) is 18.7 Å². The molecule has 1 heterocycles. The minimum atomic E-state index is -0.451. The largest absolute Gasteiger partial charge is 0.459 e. The molecule has 1 aromatic heterocycles. The van der Waals surface area contributed by atoms with Gasteiger partial charge in [-0.05, 0) is 13.1 Å². The predicted octanol–water partition coefficient (Wildman–Crippen LogP) is -0.0466. The SMILES string of the molecule is CN(CC(N)=O)Cc1oc2ccccc2c1C(=O)NN. The second-order valence-electron chi connectivity index (χ2n) is 4.51. The summed E-state index contributed by atoms with van der Waals surface area (Å²) < 4.78 is 5.66. The van der Waals surface area contributed by atoms with Gasteiger partial charge in [0.25, 0.3) is 5.91 Å². The summed E-state index contributed by atoms with van der Waals surface area (Å²) in [6.07, 6.45) is 0. The molecule has 2 rings (SSSR count). The summed E-state index contributed by atoms with van der Waals surface area (Å²) in [4.78, 5) is 24.5. The predicted molar refractivity (Wildman–Crippen MR) is 73.4 cm³/mol. The van der Waals surface area contributed by atoms with Gasteiger partial charge in [0.15, 0.2) is 0 Å². The van der Waals surface area contributed by atoms with Crippen LogP contribution in [0.15, 0.2) is 28.7 Å². The topological polar surface area (TPSA) is 115 Å². The summed E-state index contributed by atoms with van der Waals surface area (Å²) in [6, 6.07) is 7.16. The highest BCUT2D eigenvalue weighted by atomic mass is 16.3. The van der Waals surface area contributed by atoms with Gasteiger partial charge in [-0.25, -0.2) is 5.84 Å². The molecule has 106 valence electrons. The van der Waals surface area contributed by atoms with Crippen molar-refractivity contribution in [1.29, 1.82) is 0 Å². The van der Waals surface area contributed by atoms with Crippen molar-refractivity contribution < 1.29 is 14.0 Å². The molecule has 2 amide bonds. The first-order valence-corrected chi connectivity index (χ1v) is 6.01. The van der Waals surface area contributed by atoms with Crippen LogP contribution in [0.1, 0.15) is 16.1 Å². The van der Waals surface area contributed by atoms with Crippen LogP contribution in [0.5, 0.6) is 0 Å². The molecular formula is C13H16N4O3. The molecule has 1 aromatic carbocycles. The molecule has 20 heavy (non-hydrogen) atoms. The van der Waals surface area contributed by atoms with E-state index in [4.69, 9.17) is 16.0 Å². The number of nitrogens with one attached hydrogen (secondary N) is 1. The number of hydrazine groups is 1. The lowest BCUT2D eigenvalue weighted by Crippen LogP contribution is -2.33. The molecule has 0 aliphatic carbocycles. The molecule has 0 radical (unpaired) electrons. The van der Waals surface area contributed by atoms with Gasteiger partial charge >= 0.3 is 0 Å². The number of nitrogen functional groups attached to an aromatic ring is 1. The Morgan fingerprint density at radius 1 is 1.35 bits per heavy atom. The van der Waals surface area contributed by atoms with E-state index in [0.29, 0.717) is 22.3 Å². The summed E-state index contributed by atoms with van der Waals surface area (Å²) in [6.45, 7) is 0.348. The average Bonchev–Trinajstić information content (AvgIpc) is 2.74. The van der Waals surface area contributed by atoms with Crippen molar-refractivity contribution in [3.8, 4) is 0 Å². The smallest absolute Gasteiger partial charge is 0.269 e. The Morgan fingerprint density at radius 2 is 2.05 bits per heavy atom. The molecule has 0 aliphatic rings. The molecule has 0 spiro atoms. The highest BCUT2D eigenvalue weighted by Crippen LogP contribution is 2.26. The maximum Gasteiger partial charge on any atom is 0.269 e. The highest BCUT2D eigenvalue weighted by Gasteiger charge is 2.21. The Labute approximate surface area is 115 Å². The van der Waals surface area contributed by atoms with Crippen LogP contribution in [0.25, 0.3) is 11.0 Å². The maximum absolute atomic E-state index is 11.9. The standard InChI is InChI=1S/C13H16N4O3/c1-17(7-11(14)18)6-10-12(13(19)16-15)8-4-2-3-5-9(8)20-10/h2-5H,6-7,15H2,1H3,(H2,14,18)(H,16,19). The van der Waals surface area contributed by atoms with Crippen LogP contribution >= 0.6 is 0 Å². The Hall–Kier alpha value is -2.38. The molecule has 7 heteroatoms. The van der Waals surface area contributed by atoms with Gasteiger partial charge < -0.3 is 10.2 Å². The molecule has 0 unspecified atom stereocenters. The number of likely N-dealkylation sites (N-methyl/N-ethyl adjacent to an activating group) is 1. The van der Waals surface area contributed by atoms with Crippen LogP contribution in [0.3, 0.4) is 0 Å². The van der Waals surface area contributed by atoms with Gasteiger partial charge in [-0.3, -0.25) is 19.9 Å². The average molecular weight is 276 g/mol. The van der Waals surface area contributed by atoms with Gasteiger partial charge in [-0.15, -0.1) is 0 Å². The first-order chi connectivity index (χ1) is 9.52. The van der Waals surface area contributed by atoms with Crippen molar-refractivity contribution in [2.24, 2.45) is 11.6 Å². The normalized spacial score (nSPS) is 10.9. The number of hydrogen-bond acceptors (Lipinski definition) is 5. The van der Waals surface area contributed by atoms with Gasteiger partial charge in [0.2, 0.25) is 5.91 Å². The molecule has 5 N–H and O–H groups in total. The molecule has 0 atom stereocenters. The quantitative estimate of drug-likeness (QED) is 0.402. The van der Waals surface area contributed by atoms with E-state index in [2.05, 4.69) is 5.43 Å². The van der Waals surface area contributed by atoms with Crippen molar-refractivity contribution in [3.63, 3.8) is 0 Å². The number of carbonyl (C=O) groups excluding carboxylic acids is 2. The Kier molecular flexibility index (Phi) is 4.02. The van der Waals surface area contributed by atoms with Crippen LogP contribution in [0.4, 0.5) is 0 Å². The Balaban J connectivity index is 2.41. The molecule has 7 nitrogen and oxygen atoms in total. The lowest BCUT2D eigenvalue weighted by Gasteiger charge is -2.13. The number of amides is 2. The van der Waals surface area contributed by atoms with E-state index in [0.717, 1.165) is 0 Å². The minimum absolute atomic E-state index is 0.0702. The number of nitrogens with zero attached hydrogens (tertiary/aromatic N) is 1. The monoisotopic (exact) mass is 276 g/mol. The van der Waals surface area contributed by atoms with E-state index in [-0.39, 0.29) is 13.1 Å². The molecule has 2 aromatic rings. The number of fused-ring (bicyclic) bond motifs is 1. The number of nitrogens with two attached hydrogens (primary N) is 2. The first kappa shape index (κ1) is 14.0. The van der Waals surface area contributed by atoms with E-state index >= 15 is 0 Å². The maximum atomic E-state index is 11.9. The fourth-order valence-electron chi connectivity index (χ4n) is 2.10. The van der Waals surface area contributed by atoms with Crippen LogP contribution in [0.2, 0.25) is 0 Å². The minimum Gasteiger partial charge on any atom is -0.459 e. The van der Waals surface area contributed by atoms with E-state index in [9.17, 15) is 9.59 Å². The Morgan fingerprint density at radius 3 is 2.70 bits per heavy atom. The van der Waals surface area contributed by atoms with Crippen LogP contribution in [-0.4, -0.2) is 30.3 Å². The summed E-state index contributed by atoms with van der Waals surface area (Å²) in [5, 5.41) is 0.679. The third kappa shape index (κ3) is 2.79. The number of carbonyl (C=O) groups is 2. The number of primary amides is 1. The van der Waals surface area contributed by atoms with E-state index in [1.54, 1.807) is 24.1 Å². The zero-order valence-corrected chi connectivity index (χ0v) is 11.1. The van der Waals surface area contributed by atoms with Crippen molar-refractivity contribution in [3.05, 3.63) is 35.6 Å². The van der Waals surface area contributed by atoms with E-state index in [1.807, 2.05) is 12.1 Å². The summed E-state index contributed by atoms with van der Waals surface area (Å²) in [7, 11) is 1.71. The zero-order valence-electron chi connectivity index (χ0n) is 11.1. The molecule has 0 fully saturated rings. The van der Waals surface area contributed by atoms with E-state index < -0.39 is 11.8 Å². The third-order valence-corrected chi connectivity index (χ3v) is 2.87. The van der Waals surface area contributed by atoms with Crippen molar-refractivity contribution in [2.75, 3.05) is 13.6 Å². The van der Waals surface area contributed by atoms with Crippen molar-refractivity contribution in [1.82, 2.24) is 10.3 Å². The van der Waals surface area contributed by atoms with E-state index in [1.165, 1.54) is 0 Å². The number of rotatable bonds is 5. The summed E-state index contributed by atoms with van der Waals surface area (Å²) in [5.74, 6) is 4.76. The lowest BCUT2D eigenvalue weighted by molar-refractivity contribution is -0.119. The van der Waals surface area contributed by atoms with Gasteiger partial charge in [0.1, 0.15) is 11.3 Å². The number of para-hydroxylation sites is 1. The molecule has 0 bridgehead atoms. The van der Waals surface area contributed by atoms with Gasteiger partial charge in [0, 0.05) is 5.39 Å². The zero-order chi connectivity index (χ0) is 14.7. The summed E-state index contributed by atoms with van der Waals surface area (Å²) in [5.41, 5.74) is 8.21. The fraction of sp³-hybridized carbons (Fsp3) is 0.231.